The molecule has 3 heteroatoms. The fourth-order valence-electron chi connectivity index (χ4n) is 2.55. The van der Waals surface area contributed by atoms with Crippen LogP contribution >= 0.6 is 0 Å². The first kappa shape index (κ1) is 14.2. The van der Waals surface area contributed by atoms with Crippen LogP contribution < -0.4 is 5.32 Å². The molecule has 1 aliphatic heterocycles. The Kier molecular flexibility index (Phi) is 5.11. The Bertz CT molecular complexity index is 407. The van der Waals surface area contributed by atoms with Gasteiger partial charge in [0.15, 0.2) is 5.78 Å². The largest absolute Gasteiger partial charge is 0.314 e. The second-order valence-corrected chi connectivity index (χ2v) is 5.37. The molecule has 0 radical (unpaired) electrons. The zero-order valence-corrected chi connectivity index (χ0v) is 12.0. The smallest absolute Gasteiger partial charge is 0.166 e. The molecular formula is C16H24N2O. The van der Waals surface area contributed by atoms with Gasteiger partial charge in [-0.15, -0.1) is 0 Å². The number of piperazine rings is 1. The summed E-state index contributed by atoms with van der Waals surface area (Å²) in [5, 5.41) is 3.33. The molecule has 1 aliphatic rings. The van der Waals surface area contributed by atoms with Crippen molar-refractivity contribution in [2.75, 3.05) is 32.7 Å². The van der Waals surface area contributed by atoms with Crippen LogP contribution in [0, 0.1) is 5.92 Å². The van der Waals surface area contributed by atoms with E-state index in [2.05, 4.69) is 29.3 Å². The molecular weight excluding hydrogens is 236 g/mol. The first-order valence-corrected chi connectivity index (χ1v) is 7.27. The number of hydrogen-bond donors (Lipinski definition) is 1. The van der Waals surface area contributed by atoms with Crippen LogP contribution in [-0.4, -0.2) is 43.4 Å². The summed E-state index contributed by atoms with van der Waals surface area (Å²) < 4.78 is 0. The first-order valence-electron chi connectivity index (χ1n) is 7.27. The summed E-state index contributed by atoms with van der Waals surface area (Å²) in [7, 11) is 0. The van der Waals surface area contributed by atoms with Gasteiger partial charge >= 0.3 is 0 Å². The zero-order chi connectivity index (χ0) is 13.7. The second kappa shape index (κ2) is 6.83. The van der Waals surface area contributed by atoms with Crippen LogP contribution in [0.2, 0.25) is 0 Å². The van der Waals surface area contributed by atoms with E-state index in [1.54, 1.807) is 0 Å². The van der Waals surface area contributed by atoms with Crippen molar-refractivity contribution in [3.8, 4) is 0 Å². The zero-order valence-electron chi connectivity index (χ0n) is 12.0. The molecule has 1 fully saturated rings. The molecule has 0 aromatic heterocycles. The molecule has 1 N–H and O–H groups in total. The predicted octanol–water partition coefficient (Wildman–Crippen LogP) is 1.97. The molecule has 3 nitrogen and oxygen atoms in total. The Morgan fingerprint density at radius 3 is 2.47 bits per heavy atom. The summed E-state index contributed by atoms with van der Waals surface area (Å²) in [4.78, 5) is 14.8. The van der Waals surface area contributed by atoms with Crippen molar-refractivity contribution in [1.82, 2.24) is 10.2 Å². The Morgan fingerprint density at radius 1 is 1.26 bits per heavy atom. The van der Waals surface area contributed by atoms with Gasteiger partial charge in [0.25, 0.3) is 0 Å². The highest BCUT2D eigenvalue weighted by Gasteiger charge is 2.19. The minimum Gasteiger partial charge on any atom is -0.314 e. The second-order valence-electron chi connectivity index (χ2n) is 5.37. The van der Waals surface area contributed by atoms with E-state index in [4.69, 9.17) is 0 Å². The van der Waals surface area contributed by atoms with Crippen LogP contribution in [0.1, 0.15) is 29.8 Å². The highest BCUT2D eigenvalue weighted by atomic mass is 16.1. The van der Waals surface area contributed by atoms with Gasteiger partial charge < -0.3 is 10.2 Å². The summed E-state index contributed by atoms with van der Waals surface area (Å²) in [6.45, 7) is 9.20. The topological polar surface area (TPSA) is 32.3 Å². The molecule has 1 heterocycles. The van der Waals surface area contributed by atoms with Crippen LogP contribution in [0.4, 0.5) is 0 Å². The van der Waals surface area contributed by atoms with Gasteiger partial charge in [-0.25, -0.2) is 0 Å². The SMILES string of the molecule is CCc1ccc(C(=O)C(C)CN2CCNCC2)cc1. The number of nitrogens with zero attached hydrogens (tertiary/aromatic N) is 1. The van der Waals surface area contributed by atoms with Gasteiger partial charge in [0.1, 0.15) is 0 Å². The minimum absolute atomic E-state index is 0.0746. The van der Waals surface area contributed by atoms with Gasteiger partial charge in [0.2, 0.25) is 0 Å². The first-order chi connectivity index (χ1) is 9.20. The molecule has 104 valence electrons. The van der Waals surface area contributed by atoms with Crippen LogP contribution in [0.25, 0.3) is 0 Å². The third-order valence-electron chi connectivity index (χ3n) is 3.84. The average Bonchev–Trinajstić information content (AvgIpc) is 2.47. The van der Waals surface area contributed by atoms with Crippen molar-refractivity contribution in [1.29, 1.82) is 0 Å². The van der Waals surface area contributed by atoms with E-state index >= 15 is 0 Å². The van der Waals surface area contributed by atoms with Crippen LogP contribution in [0.5, 0.6) is 0 Å². The highest BCUT2D eigenvalue weighted by molar-refractivity contribution is 5.97. The molecule has 19 heavy (non-hydrogen) atoms. The maximum Gasteiger partial charge on any atom is 0.166 e. The number of ketones is 1. The monoisotopic (exact) mass is 260 g/mol. The maximum absolute atomic E-state index is 12.4. The molecule has 0 aliphatic carbocycles. The van der Waals surface area contributed by atoms with E-state index in [1.165, 1.54) is 5.56 Å². The van der Waals surface area contributed by atoms with Gasteiger partial charge in [-0.1, -0.05) is 38.1 Å². The Morgan fingerprint density at radius 2 is 1.89 bits per heavy atom. The summed E-state index contributed by atoms with van der Waals surface area (Å²) in [5.41, 5.74) is 2.13. The van der Waals surface area contributed by atoms with Crippen LogP contribution in [0.15, 0.2) is 24.3 Å². The van der Waals surface area contributed by atoms with E-state index in [1.807, 2.05) is 19.1 Å². The van der Waals surface area contributed by atoms with Gasteiger partial charge in [-0.3, -0.25) is 4.79 Å². The van der Waals surface area contributed by atoms with E-state index in [0.29, 0.717) is 0 Å². The number of carbonyl (C=O) groups excluding carboxylic acids is 1. The van der Waals surface area contributed by atoms with E-state index in [9.17, 15) is 4.79 Å². The van der Waals surface area contributed by atoms with Crippen molar-refractivity contribution in [2.45, 2.75) is 20.3 Å². The number of carbonyl (C=O) groups is 1. The lowest BCUT2D eigenvalue weighted by Crippen LogP contribution is -2.45. The third-order valence-corrected chi connectivity index (χ3v) is 3.84. The number of hydrogen-bond acceptors (Lipinski definition) is 3. The molecule has 0 spiro atoms. The lowest BCUT2D eigenvalue weighted by molar-refractivity contribution is 0.0887. The van der Waals surface area contributed by atoms with Crippen molar-refractivity contribution >= 4 is 5.78 Å². The molecule has 0 amide bonds. The van der Waals surface area contributed by atoms with E-state index in [0.717, 1.165) is 44.7 Å². The number of Topliss-reactive ketones (excluding diaryl/α,β-unsaturated/α-hetero) is 1. The minimum atomic E-state index is 0.0746. The van der Waals surface area contributed by atoms with E-state index in [-0.39, 0.29) is 11.7 Å². The van der Waals surface area contributed by atoms with Crippen LogP contribution in [0.3, 0.4) is 0 Å². The summed E-state index contributed by atoms with van der Waals surface area (Å²) in [5.74, 6) is 0.340. The number of nitrogens with one attached hydrogen (secondary N) is 1. The van der Waals surface area contributed by atoms with Crippen molar-refractivity contribution < 1.29 is 4.79 Å². The number of aryl methyl sites for hydroxylation is 1. The lowest BCUT2D eigenvalue weighted by Gasteiger charge is -2.29. The molecule has 0 saturated carbocycles. The summed E-state index contributed by atoms with van der Waals surface area (Å²) >= 11 is 0. The standard InChI is InChI=1S/C16H24N2O/c1-3-14-4-6-15(7-5-14)16(19)13(2)12-18-10-8-17-9-11-18/h4-7,13,17H,3,8-12H2,1-2H3. The quantitative estimate of drug-likeness (QED) is 0.822. The summed E-state index contributed by atoms with van der Waals surface area (Å²) in [6.07, 6.45) is 1.02. The number of rotatable bonds is 5. The molecule has 1 aromatic rings. The fourth-order valence-corrected chi connectivity index (χ4v) is 2.55. The maximum atomic E-state index is 12.4. The molecule has 1 saturated heterocycles. The number of benzene rings is 1. The van der Waals surface area contributed by atoms with Crippen molar-refractivity contribution in [2.24, 2.45) is 5.92 Å². The Labute approximate surface area is 116 Å². The molecule has 1 unspecified atom stereocenters. The van der Waals surface area contributed by atoms with Crippen LogP contribution in [-0.2, 0) is 6.42 Å². The van der Waals surface area contributed by atoms with Gasteiger partial charge in [0.05, 0.1) is 0 Å². The summed E-state index contributed by atoms with van der Waals surface area (Å²) in [6, 6.07) is 8.06. The van der Waals surface area contributed by atoms with Crippen molar-refractivity contribution in [3.05, 3.63) is 35.4 Å². The van der Waals surface area contributed by atoms with Gasteiger partial charge in [-0.2, -0.15) is 0 Å². The fraction of sp³-hybridized carbons (Fsp3) is 0.562. The van der Waals surface area contributed by atoms with Crippen molar-refractivity contribution in [3.63, 3.8) is 0 Å². The lowest BCUT2D eigenvalue weighted by atomic mass is 9.97. The van der Waals surface area contributed by atoms with Gasteiger partial charge in [-0.05, 0) is 12.0 Å². The molecule has 0 bridgehead atoms. The predicted molar refractivity (Wildman–Crippen MR) is 78.6 cm³/mol. The molecule has 1 atom stereocenters. The Balaban J connectivity index is 1.93. The molecule has 2 rings (SSSR count). The van der Waals surface area contributed by atoms with Gasteiger partial charge in [0, 0.05) is 44.2 Å². The third kappa shape index (κ3) is 3.88. The average molecular weight is 260 g/mol. The van der Waals surface area contributed by atoms with E-state index < -0.39 is 0 Å². The Hall–Kier alpha value is -1.19. The molecule has 1 aromatic carbocycles. The normalized spacial score (nSPS) is 18.2. The highest BCUT2D eigenvalue weighted by Crippen LogP contribution is 2.12.